The minimum absolute atomic E-state index is 0.506. The van der Waals surface area contributed by atoms with Crippen molar-refractivity contribution in [2.45, 2.75) is 13.3 Å². The van der Waals surface area contributed by atoms with Crippen molar-refractivity contribution in [1.82, 2.24) is 4.90 Å². The van der Waals surface area contributed by atoms with Gasteiger partial charge in [0.05, 0.1) is 0 Å². The van der Waals surface area contributed by atoms with Crippen LogP contribution in [0.4, 0.5) is 4.79 Å². The summed E-state index contributed by atoms with van der Waals surface area (Å²) >= 11 is 0. The number of hydrogen-bond donors (Lipinski definition) is 1. The van der Waals surface area contributed by atoms with Crippen LogP contribution in [-0.2, 0) is 6.42 Å². The SMILES string of the molecule is Cc1ccc(OC(N)=O)cc1CCN(C)C. The van der Waals surface area contributed by atoms with Crippen molar-refractivity contribution in [3.05, 3.63) is 29.3 Å². The van der Waals surface area contributed by atoms with Crippen LogP contribution in [0.2, 0.25) is 0 Å². The molecule has 1 amide bonds. The minimum atomic E-state index is -0.776. The summed E-state index contributed by atoms with van der Waals surface area (Å²) in [5.41, 5.74) is 7.33. The Kier molecular flexibility index (Phi) is 4.31. The fourth-order valence-corrected chi connectivity index (χ4v) is 1.44. The van der Waals surface area contributed by atoms with Crippen molar-refractivity contribution >= 4 is 6.09 Å². The Morgan fingerprint density at radius 1 is 1.44 bits per heavy atom. The highest BCUT2D eigenvalue weighted by Gasteiger charge is 2.04. The molecule has 0 radical (unpaired) electrons. The summed E-state index contributed by atoms with van der Waals surface area (Å²) in [7, 11) is 4.05. The number of carbonyl (C=O) groups excluding carboxylic acids is 1. The third-order valence-corrected chi connectivity index (χ3v) is 2.37. The van der Waals surface area contributed by atoms with Gasteiger partial charge in [0.15, 0.2) is 0 Å². The molecular formula is C12H18N2O2. The van der Waals surface area contributed by atoms with E-state index in [9.17, 15) is 4.79 Å². The molecule has 0 aromatic heterocycles. The fourth-order valence-electron chi connectivity index (χ4n) is 1.44. The van der Waals surface area contributed by atoms with E-state index in [0.717, 1.165) is 13.0 Å². The largest absolute Gasteiger partial charge is 0.410 e. The fraction of sp³-hybridized carbons (Fsp3) is 0.417. The van der Waals surface area contributed by atoms with Gasteiger partial charge in [-0.25, -0.2) is 4.79 Å². The number of amides is 1. The molecule has 0 aliphatic heterocycles. The summed E-state index contributed by atoms with van der Waals surface area (Å²) in [6.07, 6.45) is 0.150. The lowest BCUT2D eigenvalue weighted by Crippen LogP contribution is -2.17. The van der Waals surface area contributed by atoms with Crippen LogP contribution in [0, 0.1) is 6.92 Å². The Labute approximate surface area is 96.0 Å². The molecule has 0 saturated heterocycles. The van der Waals surface area contributed by atoms with Gasteiger partial charge in [0.25, 0.3) is 0 Å². The second kappa shape index (κ2) is 5.51. The van der Waals surface area contributed by atoms with E-state index >= 15 is 0 Å². The number of rotatable bonds is 4. The molecule has 0 bridgehead atoms. The average Bonchev–Trinajstić information content (AvgIpc) is 2.18. The van der Waals surface area contributed by atoms with Crippen LogP contribution in [0.25, 0.3) is 0 Å². The maximum Gasteiger partial charge on any atom is 0.409 e. The van der Waals surface area contributed by atoms with Crippen LogP contribution in [0.15, 0.2) is 18.2 Å². The summed E-state index contributed by atoms with van der Waals surface area (Å²) in [6.45, 7) is 3.00. The van der Waals surface area contributed by atoms with E-state index in [0.29, 0.717) is 5.75 Å². The number of likely N-dealkylation sites (N-methyl/N-ethyl adjacent to an activating group) is 1. The first-order chi connectivity index (χ1) is 7.49. The summed E-state index contributed by atoms with van der Waals surface area (Å²) in [5, 5.41) is 0. The molecule has 1 rings (SSSR count). The average molecular weight is 222 g/mol. The van der Waals surface area contributed by atoms with Crippen LogP contribution in [-0.4, -0.2) is 31.6 Å². The third kappa shape index (κ3) is 3.90. The number of nitrogens with two attached hydrogens (primary N) is 1. The number of nitrogens with zero attached hydrogens (tertiary/aromatic N) is 1. The molecule has 1 aromatic carbocycles. The quantitative estimate of drug-likeness (QED) is 0.841. The summed E-state index contributed by atoms with van der Waals surface area (Å²) < 4.78 is 4.84. The van der Waals surface area contributed by atoms with Gasteiger partial charge in [-0.3, -0.25) is 0 Å². The standard InChI is InChI=1S/C12H18N2O2/c1-9-4-5-11(16-12(13)15)8-10(9)6-7-14(2)3/h4-5,8H,6-7H2,1-3H3,(H2,13,15). The lowest BCUT2D eigenvalue weighted by Gasteiger charge is -2.12. The van der Waals surface area contributed by atoms with Gasteiger partial charge in [-0.2, -0.15) is 0 Å². The third-order valence-electron chi connectivity index (χ3n) is 2.37. The summed E-state index contributed by atoms with van der Waals surface area (Å²) in [4.78, 5) is 12.7. The molecule has 0 fully saturated rings. The molecule has 88 valence electrons. The van der Waals surface area contributed by atoms with Crippen LogP contribution >= 0.6 is 0 Å². The first-order valence-corrected chi connectivity index (χ1v) is 5.20. The molecule has 0 unspecified atom stereocenters. The highest BCUT2D eigenvalue weighted by atomic mass is 16.5. The molecule has 0 aliphatic rings. The van der Waals surface area contributed by atoms with E-state index in [1.807, 2.05) is 33.2 Å². The van der Waals surface area contributed by atoms with E-state index in [-0.39, 0.29) is 0 Å². The van der Waals surface area contributed by atoms with Gasteiger partial charge < -0.3 is 15.4 Å². The summed E-state index contributed by atoms with van der Waals surface area (Å²) in [5.74, 6) is 0.506. The normalized spacial score (nSPS) is 10.5. The van der Waals surface area contributed by atoms with E-state index in [1.54, 1.807) is 6.07 Å². The topological polar surface area (TPSA) is 55.6 Å². The van der Waals surface area contributed by atoms with Gasteiger partial charge in [0.1, 0.15) is 5.75 Å². The van der Waals surface area contributed by atoms with Crippen molar-refractivity contribution < 1.29 is 9.53 Å². The Hall–Kier alpha value is -1.55. The number of carbonyl (C=O) groups is 1. The van der Waals surface area contributed by atoms with Gasteiger partial charge in [-0.05, 0) is 50.7 Å². The van der Waals surface area contributed by atoms with Gasteiger partial charge in [0, 0.05) is 6.54 Å². The van der Waals surface area contributed by atoms with Crippen molar-refractivity contribution in [3.63, 3.8) is 0 Å². The van der Waals surface area contributed by atoms with Crippen molar-refractivity contribution in [2.24, 2.45) is 5.73 Å². The zero-order valence-corrected chi connectivity index (χ0v) is 9.99. The number of ether oxygens (including phenoxy) is 1. The van der Waals surface area contributed by atoms with Crippen LogP contribution in [0.1, 0.15) is 11.1 Å². The molecular weight excluding hydrogens is 204 g/mol. The lowest BCUT2D eigenvalue weighted by atomic mass is 10.1. The van der Waals surface area contributed by atoms with E-state index in [2.05, 4.69) is 4.90 Å². The maximum atomic E-state index is 10.6. The van der Waals surface area contributed by atoms with Crippen molar-refractivity contribution in [1.29, 1.82) is 0 Å². The Bertz CT molecular complexity index is 375. The highest BCUT2D eigenvalue weighted by molar-refractivity contribution is 5.68. The molecule has 0 heterocycles. The lowest BCUT2D eigenvalue weighted by molar-refractivity contribution is 0.211. The molecule has 2 N–H and O–H groups in total. The number of aryl methyl sites for hydroxylation is 1. The molecule has 4 nitrogen and oxygen atoms in total. The Morgan fingerprint density at radius 2 is 2.12 bits per heavy atom. The van der Waals surface area contributed by atoms with E-state index in [1.165, 1.54) is 11.1 Å². The Balaban J connectivity index is 2.77. The van der Waals surface area contributed by atoms with Gasteiger partial charge in [0.2, 0.25) is 0 Å². The Morgan fingerprint density at radius 3 is 2.69 bits per heavy atom. The smallest absolute Gasteiger partial charge is 0.409 e. The van der Waals surface area contributed by atoms with E-state index in [4.69, 9.17) is 10.5 Å². The molecule has 1 aromatic rings. The predicted molar refractivity (Wildman–Crippen MR) is 63.6 cm³/mol. The van der Waals surface area contributed by atoms with Crippen LogP contribution < -0.4 is 10.5 Å². The second-order valence-electron chi connectivity index (χ2n) is 4.06. The maximum absolute atomic E-state index is 10.6. The van der Waals surface area contributed by atoms with Gasteiger partial charge in [-0.15, -0.1) is 0 Å². The first-order valence-electron chi connectivity index (χ1n) is 5.20. The van der Waals surface area contributed by atoms with Crippen molar-refractivity contribution in [2.75, 3.05) is 20.6 Å². The second-order valence-corrected chi connectivity index (χ2v) is 4.06. The van der Waals surface area contributed by atoms with Crippen molar-refractivity contribution in [3.8, 4) is 5.75 Å². The molecule has 0 saturated carbocycles. The summed E-state index contributed by atoms with van der Waals surface area (Å²) in [6, 6.07) is 5.55. The molecule has 0 spiro atoms. The zero-order chi connectivity index (χ0) is 12.1. The van der Waals surface area contributed by atoms with E-state index < -0.39 is 6.09 Å². The van der Waals surface area contributed by atoms with Gasteiger partial charge >= 0.3 is 6.09 Å². The number of primary amides is 1. The molecule has 16 heavy (non-hydrogen) atoms. The molecule has 0 aliphatic carbocycles. The molecule has 4 heteroatoms. The van der Waals surface area contributed by atoms with Crippen LogP contribution in [0.3, 0.4) is 0 Å². The van der Waals surface area contributed by atoms with Gasteiger partial charge in [-0.1, -0.05) is 6.07 Å². The highest BCUT2D eigenvalue weighted by Crippen LogP contribution is 2.18. The number of benzene rings is 1. The molecule has 0 atom stereocenters. The zero-order valence-electron chi connectivity index (χ0n) is 9.99. The first kappa shape index (κ1) is 12.5. The monoisotopic (exact) mass is 222 g/mol. The number of hydrogen-bond acceptors (Lipinski definition) is 3. The van der Waals surface area contributed by atoms with Crippen LogP contribution in [0.5, 0.6) is 5.75 Å². The minimum Gasteiger partial charge on any atom is -0.410 e. The predicted octanol–water partition coefficient (Wildman–Crippen LogP) is 1.56.